The number of nitrogens with zero attached hydrogens (tertiary/aromatic N) is 1. The summed E-state index contributed by atoms with van der Waals surface area (Å²) in [5, 5.41) is 0. The van der Waals surface area contributed by atoms with Crippen LogP contribution in [0, 0.1) is 5.92 Å². The van der Waals surface area contributed by atoms with Gasteiger partial charge in [-0.3, -0.25) is 4.98 Å². The third-order valence-electron chi connectivity index (χ3n) is 6.11. The maximum Gasteiger partial charge on any atom is 0.0523 e. The summed E-state index contributed by atoms with van der Waals surface area (Å²) < 4.78 is 0. The van der Waals surface area contributed by atoms with Crippen LogP contribution < -0.4 is 0 Å². The molecule has 0 amide bonds. The predicted molar refractivity (Wildman–Crippen MR) is 104 cm³/mol. The first-order chi connectivity index (χ1) is 12.4. The Morgan fingerprint density at radius 1 is 1.04 bits per heavy atom. The van der Waals surface area contributed by atoms with E-state index >= 15 is 0 Å². The minimum atomic E-state index is 0.886. The van der Waals surface area contributed by atoms with Gasteiger partial charge in [0, 0.05) is 17.7 Å². The number of hydrogen-bond acceptors (Lipinski definition) is 1. The topological polar surface area (TPSA) is 12.9 Å². The molecular formula is C24H25N. The van der Waals surface area contributed by atoms with Crippen LogP contribution in [0.4, 0.5) is 0 Å². The van der Waals surface area contributed by atoms with Crippen LogP contribution >= 0.6 is 0 Å². The molecule has 0 saturated heterocycles. The van der Waals surface area contributed by atoms with Gasteiger partial charge in [-0.1, -0.05) is 61.8 Å². The fourth-order valence-electron chi connectivity index (χ4n) is 4.41. The number of aryl methyl sites for hydroxylation is 1. The number of benzene rings is 1. The molecule has 1 aromatic heterocycles. The van der Waals surface area contributed by atoms with Crippen LogP contribution in [-0.4, -0.2) is 4.98 Å². The van der Waals surface area contributed by atoms with Crippen molar-refractivity contribution in [3.8, 4) is 0 Å². The van der Waals surface area contributed by atoms with Gasteiger partial charge in [-0.2, -0.15) is 0 Å². The van der Waals surface area contributed by atoms with Crippen molar-refractivity contribution in [3.63, 3.8) is 0 Å². The summed E-state index contributed by atoms with van der Waals surface area (Å²) in [4.78, 5) is 4.99. The summed E-state index contributed by atoms with van der Waals surface area (Å²) in [6.45, 7) is 0. The van der Waals surface area contributed by atoms with Crippen molar-refractivity contribution in [1.29, 1.82) is 0 Å². The molecule has 1 saturated carbocycles. The average Bonchev–Trinajstić information content (AvgIpc) is 2.87. The standard InChI is InChI=1S/C24H25N/c1-2-7-18-9-10-20(16-19(18)8-3-1)22-13-14-24-23(22)12-11-21(25-24)15-17-5-4-6-17/h2,7,9-13,16-17H,1,3-6,8,14-15H2. The number of hydrogen-bond donors (Lipinski definition) is 0. The predicted octanol–water partition coefficient (Wildman–Crippen LogP) is 5.76. The van der Waals surface area contributed by atoms with Gasteiger partial charge >= 0.3 is 0 Å². The van der Waals surface area contributed by atoms with Gasteiger partial charge in [0.2, 0.25) is 0 Å². The SMILES string of the molecule is C1=Cc2ccc(C3=CCc4nc(CC5CCC5)ccc43)cc2CCC1. The lowest BCUT2D eigenvalue weighted by Gasteiger charge is -2.25. The van der Waals surface area contributed by atoms with Crippen molar-refractivity contribution >= 4 is 11.6 Å². The van der Waals surface area contributed by atoms with Gasteiger partial charge in [0.25, 0.3) is 0 Å². The highest BCUT2D eigenvalue weighted by molar-refractivity contribution is 5.84. The van der Waals surface area contributed by atoms with Crippen LogP contribution in [0.15, 0.2) is 42.5 Å². The first-order valence-corrected chi connectivity index (χ1v) is 9.86. The molecule has 0 atom stereocenters. The zero-order valence-electron chi connectivity index (χ0n) is 14.8. The lowest BCUT2D eigenvalue weighted by molar-refractivity contribution is 0.312. The Bertz CT molecular complexity index is 868. The second-order valence-electron chi connectivity index (χ2n) is 7.83. The molecule has 0 unspecified atom stereocenters. The average molecular weight is 327 g/mol. The van der Waals surface area contributed by atoms with E-state index in [1.807, 2.05) is 0 Å². The molecule has 126 valence electrons. The molecule has 0 radical (unpaired) electrons. The summed E-state index contributed by atoms with van der Waals surface area (Å²) in [5.74, 6) is 0.886. The molecular weight excluding hydrogens is 302 g/mol. The van der Waals surface area contributed by atoms with Crippen molar-refractivity contribution in [2.45, 2.75) is 51.4 Å². The van der Waals surface area contributed by atoms with Crippen LogP contribution in [0.2, 0.25) is 0 Å². The lowest BCUT2D eigenvalue weighted by Crippen LogP contribution is -2.14. The Labute approximate surface area is 150 Å². The highest BCUT2D eigenvalue weighted by Crippen LogP contribution is 2.35. The van der Waals surface area contributed by atoms with E-state index in [0.717, 1.165) is 12.3 Å². The molecule has 3 aliphatic rings. The van der Waals surface area contributed by atoms with Crippen LogP contribution in [0.1, 0.15) is 65.7 Å². The van der Waals surface area contributed by atoms with Crippen LogP contribution in [0.25, 0.3) is 11.6 Å². The number of pyridine rings is 1. The second-order valence-corrected chi connectivity index (χ2v) is 7.83. The molecule has 5 rings (SSSR count). The van der Waals surface area contributed by atoms with Gasteiger partial charge in [-0.05, 0) is 59.9 Å². The number of fused-ring (bicyclic) bond motifs is 2. The van der Waals surface area contributed by atoms with Gasteiger partial charge in [0.1, 0.15) is 0 Å². The smallest absolute Gasteiger partial charge is 0.0523 e. The molecule has 1 nitrogen and oxygen atoms in total. The highest BCUT2D eigenvalue weighted by atomic mass is 14.7. The number of allylic oxidation sites excluding steroid dienone is 2. The normalized spacial score (nSPS) is 19.0. The summed E-state index contributed by atoms with van der Waals surface area (Å²) in [5.41, 5.74) is 9.56. The molecule has 3 aliphatic carbocycles. The van der Waals surface area contributed by atoms with Gasteiger partial charge in [-0.25, -0.2) is 0 Å². The first kappa shape index (κ1) is 15.1. The maximum absolute atomic E-state index is 4.99. The lowest BCUT2D eigenvalue weighted by atomic mass is 9.82. The van der Waals surface area contributed by atoms with E-state index in [0.29, 0.717) is 0 Å². The second kappa shape index (κ2) is 6.29. The summed E-state index contributed by atoms with van der Waals surface area (Å²) in [7, 11) is 0. The van der Waals surface area contributed by atoms with Crippen molar-refractivity contribution in [2.24, 2.45) is 5.92 Å². The summed E-state index contributed by atoms with van der Waals surface area (Å²) in [6, 6.07) is 11.6. The van der Waals surface area contributed by atoms with Gasteiger partial charge in [-0.15, -0.1) is 0 Å². The summed E-state index contributed by atoms with van der Waals surface area (Å²) in [6.07, 6.45) is 17.0. The quantitative estimate of drug-likeness (QED) is 0.698. The van der Waals surface area contributed by atoms with Crippen molar-refractivity contribution in [1.82, 2.24) is 4.98 Å². The van der Waals surface area contributed by atoms with E-state index in [2.05, 4.69) is 48.6 Å². The molecule has 1 fully saturated rings. The molecule has 1 aromatic carbocycles. The van der Waals surface area contributed by atoms with E-state index in [4.69, 9.17) is 4.98 Å². The van der Waals surface area contributed by atoms with E-state index in [9.17, 15) is 0 Å². The molecule has 0 N–H and O–H groups in total. The fraction of sp³-hybridized carbons (Fsp3) is 0.375. The number of rotatable bonds is 3. The minimum absolute atomic E-state index is 0.886. The zero-order valence-corrected chi connectivity index (χ0v) is 14.8. The van der Waals surface area contributed by atoms with Crippen LogP contribution in [0.5, 0.6) is 0 Å². The Hall–Kier alpha value is -2.15. The molecule has 1 heterocycles. The van der Waals surface area contributed by atoms with Crippen molar-refractivity contribution in [2.75, 3.05) is 0 Å². The van der Waals surface area contributed by atoms with Gasteiger partial charge in [0.15, 0.2) is 0 Å². The van der Waals surface area contributed by atoms with Gasteiger partial charge in [0.05, 0.1) is 5.69 Å². The minimum Gasteiger partial charge on any atom is -0.257 e. The first-order valence-electron chi connectivity index (χ1n) is 9.86. The third kappa shape index (κ3) is 2.86. The molecule has 0 spiro atoms. The monoisotopic (exact) mass is 327 g/mol. The van der Waals surface area contributed by atoms with Gasteiger partial charge < -0.3 is 0 Å². The Balaban J connectivity index is 1.43. The highest BCUT2D eigenvalue weighted by Gasteiger charge is 2.21. The number of aromatic nitrogens is 1. The maximum atomic E-state index is 4.99. The fourth-order valence-corrected chi connectivity index (χ4v) is 4.41. The Morgan fingerprint density at radius 3 is 2.88 bits per heavy atom. The molecule has 1 heteroatoms. The molecule has 25 heavy (non-hydrogen) atoms. The molecule has 2 aromatic rings. The molecule has 0 bridgehead atoms. The van der Waals surface area contributed by atoms with Crippen LogP contribution in [-0.2, 0) is 19.3 Å². The van der Waals surface area contributed by atoms with E-state index in [-0.39, 0.29) is 0 Å². The van der Waals surface area contributed by atoms with E-state index < -0.39 is 0 Å². The van der Waals surface area contributed by atoms with Crippen molar-refractivity contribution < 1.29 is 0 Å². The Kier molecular flexibility index (Phi) is 3.81. The molecule has 0 aliphatic heterocycles. The van der Waals surface area contributed by atoms with Crippen molar-refractivity contribution in [3.05, 3.63) is 76.1 Å². The zero-order chi connectivity index (χ0) is 16.6. The largest absolute Gasteiger partial charge is 0.257 e. The third-order valence-corrected chi connectivity index (χ3v) is 6.11. The van der Waals surface area contributed by atoms with E-state index in [1.165, 1.54) is 84.2 Å². The van der Waals surface area contributed by atoms with Crippen LogP contribution in [0.3, 0.4) is 0 Å². The Morgan fingerprint density at radius 2 is 2.00 bits per heavy atom. The van der Waals surface area contributed by atoms with E-state index in [1.54, 1.807) is 0 Å². The summed E-state index contributed by atoms with van der Waals surface area (Å²) >= 11 is 0.